The van der Waals surface area contributed by atoms with Gasteiger partial charge in [0.15, 0.2) is 0 Å². The van der Waals surface area contributed by atoms with E-state index in [-0.39, 0.29) is 11.7 Å². The van der Waals surface area contributed by atoms with Crippen molar-refractivity contribution in [3.05, 3.63) is 17.6 Å². The molecule has 1 rings (SSSR count). The van der Waals surface area contributed by atoms with Gasteiger partial charge >= 0.3 is 11.9 Å². The number of nitrogens with one attached hydrogen (secondary N) is 1. The lowest BCUT2D eigenvalue weighted by Crippen LogP contribution is -2.36. The lowest BCUT2D eigenvalue weighted by Gasteiger charge is -2.20. The van der Waals surface area contributed by atoms with Crippen LogP contribution in [0.15, 0.2) is 6.07 Å². The van der Waals surface area contributed by atoms with Crippen molar-refractivity contribution in [1.29, 1.82) is 0 Å². The molecular formula is C13H19N3O4. The van der Waals surface area contributed by atoms with E-state index < -0.39 is 18.0 Å². The van der Waals surface area contributed by atoms with Crippen molar-refractivity contribution < 1.29 is 19.1 Å². The van der Waals surface area contributed by atoms with Gasteiger partial charge in [0.1, 0.15) is 11.9 Å². The van der Waals surface area contributed by atoms with Crippen LogP contribution in [-0.4, -0.2) is 42.2 Å². The average molecular weight is 281 g/mol. The molecule has 1 atom stereocenters. The number of carbonyl (C=O) groups excluding carboxylic acids is 2. The molecule has 1 heterocycles. The molecule has 0 spiro atoms. The average Bonchev–Trinajstić information content (AvgIpc) is 2.42. The van der Waals surface area contributed by atoms with Crippen molar-refractivity contribution >= 4 is 17.8 Å². The predicted molar refractivity (Wildman–Crippen MR) is 72.4 cm³/mol. The van der Waals surface area contributed by atoms with Gasteiger partial charge in [-0.2, -0.15) is 0 Å². The van der Waals surface area contributed by atoms with Gasteiger partial charge < -0.3 is 14.8 Å². The number of hydrogen-bond acceptors (Lipinski definition) is 7. The normalized spacial score (nSPS) is 11.9. The van der Waals surface area contributed by atoms with E-state index in [4.69, 9.17) is 4.74 Å². The van der Waals surface area contributed by atoms with Gasteiger partial charge in [-0.15, -0.1) is 0 Å². The van der Waals surface area contributed by atoms with Gasteiger partial charge in [-0.25, -0.2) is 19.6 Å². The highest BCUT2D eigenvalue weighted by atomic mass is 16.5. The lowest BCUT2D eigenvalue weighted by atomic mass is 10.0. The molecule has 1 unspecified atom stereocenters. The summed E-state index contributed by atoms with van der Waals surface area (Å²) in [7, 11) is 2.58. The maximum Gasteiger partial charge on any atom is 0.376 e. The van der Waals surface area contributed by atoms with Crippen LogP contribution in [-0.2, 0) is 14.3 Å². The van der Waals surface area contributed by atoms with Crippen LogP contribution in [0.25, 0.3) is 0 Å². The standard InChI is InChI=1S/C13H19N3O4/c1-7(2)10(12(17)19-4)15-9-6-8(3)14-11(16-9)13(18)20-5/h6-7,10H,1-5H3,(H,14,15,16). The molecular weight excluding hydrogens is 262 g/mol. The minimum Gasteiger partial charge on any atom is -0.467 e. The molecule has 0 aliphatic carbocycles. The highest BCUT2D eigenvalue weighted by molar-refractivity contribution is 5.85. The van der Waals surface area contributed by atoms with Gasteiger partial charge in [0.2, 0.25) is 5.82 Å². The molecule has 0 saturated carbocycles. The first-order valence-electron chi connectivity index (χ1n) is 6.17. The Hall–Kier alpha value is -2.18. The van der Waals surface area contributed by atoms with Gasteiger partial charge in [-0.1, -0.05) is 13.8 Å². The van der Waals surface area contributed by atoms with Gasteiger partial charge in [0, 0.05) is 11.8 Å². The largest absolute Gasteiger partial charge is 0.467 e. The molecule has 0 aliphatic heterocycles. The summed E-state index contributed by atoms with van der Waals surface area (Å²) in [5.74, 6) is -0.699. The molecule has 0 aliphatic rings. The minimum absolute atomic E-state index is 0.000650. The molecule has 110 valence electrons. The molecule has 1 aromatic heterocycles. The molecule has 0 aromatic carbocycles. The zero-order valence-electron chi connectivity index (χ0n) is 12.3. The summed E-state index contributed by atoms with van der Waals surface area (Å²) in [5.41, 5.74) is 0.593. The van der Waals surface area contributed by atoms with Crippen molar-refractivity contribution in [2.75, 3.05) is 19.5 Å². The van der Waals surface area contributed by atoms with Crippen LogP contribution < -0.4 is 5.32 Å². The Labute approximate surface area is 117 Å². The van der Waals surface area contributed by atoms with Crippen LogP contribution in [0.2, 0.25) is 0 Å². The second-order valence-electron chi connectivity index (χ2n) is 4.60. The first-order valence-corrected chi connectivity index (χ1v) is 6.17. The third kappa shape index (κ3) is 3.91. The van der Waals surface area contributed by atoms with Gasteiger partial charge in [-0.3, -0.25) is 0 Å². The van der Waals surface area contributed by atoms with Crippen LogP contribution >= 0.6 is 0 Å². The zero-order valence-corrected chi connectivity index (χ0v) is 12.3. The van der Waals surface area contributed by atoms with Crippen LogP contribution in [0.3, 0.4) is 0 Å². The van der Waals surface area contributed by atoms with Crippen LogP contribution in [0, 0.1) is 12.8 Å². The van der Waals surface area contributed by atoms with E-state index in [9.17, 15) is 9.59 Å². The van der Waals surface area contributed by atoms with Crippen LogP contribution in [0.4, 0.5) is 5.82 Å². The second-order valence-corrected chi connectivity index (χ2v) is 4.60. The predicted octanol–water partition coefficient (Wildman–Crippen LogP) is 1.18. The van der Waals surface area contributed by atoms with Gasteiger partial charge in [0.25, 0.3) is 0 Å². The topological polar surface area (TPSA) is 90.4 Å². The number of ether oxygens (including phenoxy) is 2. The van der Waals surface area contributed by atoms with Crippen molar-refractivity contribution in [2.24, 2.45) is 5.92 Å². The molecule has 1 N–H and O–H groups in total. The summed E-state index contributed by atoms with van der Waals surface area (Å²) in [5, 5.41) is 2.96. The van der Waals surface area contributed by atoms with E-state index in [1.165, 1.54) is 14.2 Å². The molecule has 0 fully saturated rings. The van der Waals surface area contributed by atoms with Gasteiger partial charge in [0.05, 0.1) is 14.2 Å². The van der Waals surface area contributed by atoms with Crippen molar-refractivity contribution in [1.82, 2.24) is 9.97 Å². The quantitative estimate of drug-likeness (QED) is 0.810. The zero-order chi connectivity index (χ0) is 15.3. The Morgan fingerprint density at radius 1 is 1.20 bits per heavy atom. The Morgan fingerprint density at radius 2 is 1.85 bits per heavy atom. The van der Waals surface area contributed by atoms with E-state index in [2.05, 4.69) is 20.0 Å². The summed E-state index contributed by atoms with van der Waals surface area (Å²) in [6.07, 6.45) is 0. The third-order valence-electron chi connectivity index (χ3n) is 2.65. The van der Waals surface area contributed by atoms with Crippen molar-refractivity contribution in [3.8, 4) is 0 Å². The van der Waals surface area contributed by atoms with Crippen LogP contribution in [0.1, 0.15) is 30.2 Å². The lowest BCUT2D eigenvalue weighted by molar-refractivity contribution is -0.142. The molecule has 20 heavy (non-hydrogen) atoms. The summed E-state index contributed by atoms with van der Waals surface area (Å²) in [6, 6.07) is 1.09. The summed E-state index contributed by atoms with van der Waals surface area (Å²) >= 11 is 0. The number of anilines is 1. The summed E-state index contributed by atoms with van der Waals surface area (Å²) in [4.78, 5) is 31.2. The minimum atomic E-state index is -0.629. The summed E-state index contributed by atoms with van der Waals surface area (Å²) in [6.45, 7) is 5.48. The third-order valence-corrected chi connectivity index (χ3v) is 2.65. The van der Waals surface area contributed by atoms with E-state index in [1.54, 1.807) is 13.0 Å². The smallest absolute Gasteiger partial charge is 0.376 e. The molecule has 1 aromatic rings. The van der Waals surface area contributed by atoms with Crippen molar-refractivity contribution in [2.45, 2.75) is 26.8 Å². The number of rotatable bonds is 5. The van der Waals surface area contributed by atoms with E-state index in [0.29, 0.717) is 11.5 Å². The fourth-order valence-electron chi connectivity index (χ4n) is 1.61. The highest BCUT2D eigenvalue weighted by Gasteiger charge is 2.24. The number of nitrogens with zero attached hydrogens (tertiary/aromatic N) is 2. The molecule has 0 amide bonds. The number of hydrogen-bond donors (Lipinski definition) is 1. The first kappa shape index (κ1) is 15.9. The number of esters is 2. The number of methoxy groups -OCH3 is 2. The van der Waals surface area contributed by atoms with Crippen LogP contribution in [0.5, 0.6) is 0 Å². The Balaban J connectivity index is 3.04. The van der Waals surface area contributed by atoms with Gasteiger partial charge in [-0.05, 0) is 12.8 Å². The first-order chi connectivity index (χ1) is 9.38. The Bertz CT molecular complexity index is 502. The van der Waals surface area contributed by atoms with E-state index >= 15 is 0 Å². The Morgan fingerprint density at radius 3 is 2.35 bits per heavy atom. The molecule has 0 radical (unpaired) electrons. The number of carbonyl (C=O) groups is 2. The number of aryl methyl sites for hydroxylation is 1. The Kier molecular flexibility index (Phi) is 5.42. The monoisotopic (exact) mass is 281 g/mol. The maximum absolute atomic E-state index is 11.7. The van der Waals surface area contributed by atoms with E-state index in [1.807, 2.05) is 13.8 Å². The summed E-state index contributed by atoms with van der Waals surface area (Å²) < 4.78 is 9.32. The van der Waals surface area contributed by atoms with Crippen molar-refractivity contribution in [3.63, 3.8) is 0 Å². The maximum atomic E-state index is 11.7. The van der Waals surface area contributed by atoms with E-state index in [0.717, 1.165) is 0 Å². The fourth-order valence-corrected chi connectivity index (χ4v) is 1.61. The molecule has 0 saturated heterocycles. The second kappa shape index (κ2) is 6.83. The molecule has 7 nitrogen and oxygen atoms in total. The fraction of sp³-hybridized carbons (Fsp3) is 0.538. The molecule has 0 bridgehead atoms. The number of aromatic nitrogens is 2. The SMILES string of the molecule is COC(=O)c1nc(C)cc(NC(C(=O)OC)C(C)C)n1. The highest BCUT2D eigenvalue weighted by Crippen LogP contribution is 2.13. The molecule has 7 heteroatoms.